The molecule has 0 saturated carbocycles. The fraction of sp³-hybridized carbons (Fsp3) is 0.143. The van der Waals surface area contributed by atoms with E-state index < -0.39 is 7.26 Å². The van der Waals surface area contributed by atoms with Gasteiger partial charge < -0.3 is 4.98 Å². The van der Waals surface area contributed by atoms with Crippen molar-refractivity contribution >= 4 is 34.2 Å². The second-order valence-corrected chi connectivity index (χ2v) is 12.6. The summed E-state index contributed by atoms with van der Waals surface area (Å²) in [6.07, 6.45) is 4.32. The number of rotatable bonds is 3. The van der Waals surface area contributed by atoms with Gasteiger partial charge in [-0.1, -0.05) is 60.7 Å². The lowest BCUT2D eigenvalue weighted by Gasteiger charge is -2.31. The molecule has 0 radical (unpaired) electrons. The molecule has 0 fully saturated rings. The van der Waals surface area contributed by atoms with Gasteiger partial charge in [0.05, 0.1) is 31.1 Å². The van der Waals surface area contributed by atoms with Crippen LogP contribution >= 0.6 is 7.26 Å². The third-order valence-corrected chi connectivity index (χ3v) is 11.2. The normalized spacial score (nSPS) is 18.4. The van der Waals surface area contributed by atoms with E-state index in [1.807, 2.05) is 6.07 Å². The highest BCUT2D eigenvalue weighted by Crippen LogP contribution is 2.66. The van der Waals surface area contributed by atoms with Crippen molar-refractivity contribution in [3.05, 3.63) is 114 Å². The number of halogens is 1. The van der Waals surface area contributed by atoms with Crippen molar-refractivity contribution < 1.29 is 4.39 Å². The summed E-state index contributed by atoms with van der Waals surface area (Å²) < 4.78 is 14.1. The number of hydrogen-bond donors (Lipinski definition) is 1. The van der Waals surface area contributed by atoms with Crippen LogP contribution in [0.4, 0.5) is 4.39 Å². The molecule has 1 N–H and O–H groups in total. The number of aromatic amines is 1. The minimum Gasteiger partial charge on any atom is -0.358 e. The predicted molar refractivity (Wildman–Crippen MR) is 131 cm³/mol. The van der Waals surface area contributed by atoms with Crippen LogP contribution in [-0.4, -0.2) is 11.1 Å². The molecule has 0 amide bonds. The van der Waals surface area contributed by atoms with Gasteiger partial charge in [0.25, 0.3) is 0 Å². The summed E-state index contributed by atoms with van der Waals surface area (Å²) in [7, 11) is -1.53. The topological polar surface area (TPSA) is 15.8 Å². The molecule has 0 aliphatic carbocycles. The number of nitrogens with one attached hydrogen (secondary N) is 1. The fourth-order valence-electron chi connectivity index (χ4n) is 5.32. The fourth-order valence-corrected chi connectivity index (χ4v) is 9.73. The number of hydrogen-bond acceptors (Lipinski definition) is 0. The maximum atomic E-state index is 14.1. The van der Waals surface area contributed by atoms with Gasteiger partial charge >= 0.3 is 0 Å². The van der Waals surface area contributed by atoms with Crippen molar-refractivity contribution in [2.45, 2.75) is 18.7 Å². The lowest BCUT2D eigenvalue weighted by atomic mass is 10.1. The number of H-pyrrole nitrogens is 1. The van der Waals surface area contributed by atoms with Crippen molar-refractivity contribution in [3.63, 3.8) is 0 Å². The summed E-state index contributed by atoms with van der Waals surface area (Å²) in [5.41, 5.74) is 5.12. The predicted octanol–water partition coefficient (Wildman–Crippen LogP) is 7.06. The standard InChI is InChI=1S/C28H24FNP/c29-22-13-14-27-25(17-22)26-19-31(16-15-28(26)30-27,23-10-2-1-3-11-23)18-21-9-6-8-20-7-4-5-12-24(20)21/h1-14,17,30H,15-16,18-19H2/q+1. The highest BCUT2D eigenvalue weighted by atomic mass is 31.2. The molecular weight excluding hydrogens is 400 g/mol. The monoisotopic (exact) mass is 424 g/mol. The number of benzene rings is 4. The third kappa shape index (κ3) is 3.18. The Balaban J connectivity index is 1.52. The molecule has 0 saturated heterocycles. The Morgan fingerprint density at radius 3 is 2.52 bits per heavy atom. The smallest absolute Gasteiger partial charge is 0.123 e. The highest BCUT2D eigenvalue weighted by Gasteiger charge is 2.45. The van der Waals surface area contributed by atoms with Crippen LogP contribution in [0.2, 0.25) is 0 Å². The van der Waals surface area contributed by atoms with E-state index in [-0.39, 0.29) is 5.82 Å². The lowest BCUT2D eigenvalue weighted by molar-refractivity contribution is 0.629. The van der Waals surface area contributed by atoms with Crippen LogP contribution in [0.3, 0.4) is 0 Å². The van der Waals surface area contributed by atoms with E-state index in [2.05, 4.69) is 77.8 Å². The Bertz CT molecular complexity index is 1400. The molecule has 1 aromatic heterocycles. The minimum absolute atomic E-state index is 0.155. The van der Waals surface area contributed by atoms with E-state index in [0.29, 0.717) is 0 Å². The summed E-state index contributed by atoms with van der Waals surface area (Å²) >= 11 is 0. The Morgan fingerprint density at radius 1 is 0.806 bits per heavy atom. The zero-order valence-corrected chi connectivity index (χ0v) is 18.2. The molecule has 0 bridgehead atoms. The quantitative estimate of drug-likeness (QED) is 0.299. The van der Waals surface area contributed by atoms with Gasteiger partial charge in [-0.15, -0.1) is 0 Å². The molecule has 2 heterocycles. The summed E-state index contributed by atoms with van der Waals surface area (Å²) in [5.74, 6) is -0.155. The van der Waals surface area contributed by atoms with Gasteiger partial charge in [0.2, 0.25) is 0 Å². The average molecular weight is 424 g/mol. The van der Waals surface area contributed by atoms with Crippen LogP contribution in [0.5, 0.6) is 0 Å². The average Bonchev–Trinajstić information content (AvgIpc) is 3.17. The second kappa shape index (κ2) is 7.32. The molecule has 6 rings (SSSR count). The van der Waals surface area contributed by atoms with Crippen LogP contribution in [0.25, 0.3) is 21.7 Å². The summed E-state index contributed by atoms with van der Waals surface area (Å²) in [4.78, 5) is 3.58. The van der Waals surface area contributed by atoms with Crippen molar-refractivity contribution in [1.82, 2.24) is 4.98 Å². The summed E-state index contributed by atoms with van der Waals surface area (Å²) in [6, 6.07) is 31.6. The Morgan fingerprint density at radius 2 is 1.61 bits per heavy atom. The SMILES string of the molecule is Fc1ccc2[nH]c3c(c2c1)C[P+](Cc1cccc2ccccc12)(c1ccccc1)CC3. The number of aryl methyl sites for hydroxylation is 1. The van der Waals surface area contributed by atoms with Gasteiger partial charge in [0.15, 0.2) is 0 Å². The molecule has 1 aliphatic rings. The number of fused-ring (bicyclic) bond motifs is 4. The summed E-state index contributed by atoms with van der Waals surface area (Å²) in [6.45, 7) is 0. The lowest BCUT2D eigenvalue weighted by Crippen LogP contribution is -2.23. The first-order valence-corrected chi connectivity index (χ1v) is 13.2. The maximum Gasteiger partial charge on any atom is 0.123 e. The van der Waals surface area contributed by atoms with Crippen LogP contribution in [0, 0.1) is 5.82 Å². The zero-order chi connectivity index (χ0) is 20.8. The first-order valence-electron chi connectivity index (χ1n) is 10.9. The van der Waals surface area contributed by atoms with E-state index in [4.69, 9.17) is 0 Å². The van der Waals surface area contributed by atoms with Crippen LogP contribution in [0.15, 0.2) is 91.0 Å². The van der Waals surface area contributed by atoms with E-state index in [9.17, 15) is 4.39 Å². The molecule has 1 atom stereocenters. The molecule has 5 aromatic rings. The Kier molecular flexibility index (Phi) is 4.44. The minimum atomic E-state index is -1.53. The Hall–Kier alpha value is -2.96. The summed E-state index contributed by atoms with van der Waals surface area (Å²) in [5, 5.41) is 5.21. The van der Waals surface area contributed by atoms with Gasteiger partial charge in [-0.2, -0.15) is 0 Å². The van der Waals surface area contributed by atoms with E-state index in [1.54, 1.807) is 12.1 Å². The molecular formula is C28H24FNP+. The molecule has 31 heavy (non-hydrogen) atoms. The Labute approximate surface area is 182 Å². The van der Waals surface area contributed by atoms with Gasteiger partial charge in [-0.25, -0.2) is 4.39 Å². The first-order chi connectivity index (χ1) is 15.2. The van der Waals surface area contributed by atoms with Gasteiger partial charge in [0, 0.05) is 28.6 Å². The molecule has 0 spiro atoms. The molecule has 1 unspecified atom stereocenters. The van der Waals surface area contributed by atoms with Gasteiger partial charge in [-0.05, 0) is 46.7 Å². The van der Waals surface area contributed by atoms with Crippen molar-refractivity contribution in [3.8, 4) is 0 Å². The van der Waals surface area contributed by atoms with E-state index >= 15 is 0 Å². The molecule has 4 aromatic carbocycles. The number of aromatic nitrogens is 1. The van der Waals surface area contributed by atoms with E-state index in [1.165, 1.54) is 39.1 Å². The van der Waals surface area contributed by atoms with Crippen LogP contribution in [0.1, 0.15) is 16.8 Å². The first kappa shape index (κ1) is 18.8. The molecule has 3 heteroatoms. The highest BCUT2D eigenvalue weighted by molar-refractivity contribution is 7.81. The van der Waals surface area contributed by atoms with Crippen LogP contribution < -0.4 is 5.30 Å². The van der Waals surface area contributed by atoms with Gasteiger partial charge in [0.1, 0.15) is 5.82 Å². The van der Waals surface area contributed by atoms with Crippen molar-refractivity contribution in [1.29, 1.82) is 0 Å². The van der Waals surface area contributed by atoms with Crippen molar-refractivity contribution in [2.24, 2.45) is 0 Å². The second-order valence-electron chi connectivity index (χ2n) is 8.68. The van der Waals surface area contributed by atoms with Gasteiger partial charge in [-0.3, -0.25) is 0 Å². The molecule has 152 valence electrons. The molecule has 1 nitrogen and oxygen atoms in total. The van der Waals surface area contributed by atoms with Crippen LogP contribution in [-0.2, 0) is 18.7 Å². The third-order valence-electron chi connectivity index (χ3n) is 6.86. The van der Waals surface area contributed by atoms with Crippen molar-refractivity contribution in [2.75, 3.05) is 6.16 Å². The molecule has 1 aliphatic heterocycles. The zero-order valence-electron chi connectivity index (χ0n) is 17.3. The maximum absolute atomic E-state index is 14.1. The largest absolute Gasteiger partial charge is 0.358 e. The van der Waals surface area contributed by atoms with E-state index in [0.717, 1.165) is 29.6 Å².